The van der Waals surface area contributed by atoms with Crippen molar-refractivity contribution < 1.29 is 30.1 Å². The Balaban J connectivity index is 0.000000253. The summed E-state index contributed by atoms with van der Waals surface area (Å²) in [6.07, 6.45) is 5.78. The van der Waals surface area contributed by atoms with Gasteiger partial charge in [-0.15, -0.1) is 23.2 Å². The van der Waals surface area contributed by atoms with E-state index in [-0.39, 0.29) is 39.0 Å². The molecule has 0 saturated carbocycles. The van der Waals surface area contributed by atoms with Crippen LogP contribution < -0.4 is 32.7 Å². The number of carbonyl (C=O) groups excluding carboxylic acids is 5. The number of rotatable bonds is 12. The number of nitrogens with one attached hydrogen (secondary N) is 4. The summed E-state index contributed by atoms with van der Waals surface area (Å²) in [6, 6.07) is 65.3. The largest absolute Gasteiger partial charge is 0.444 e. The summed E-state index contributed by atoms with van der Waals surface area (Å²) in [5.74, 6) is -0.262. The van der Waals surface area contributed by atoms with E-state index >= 15 is 0 Å². The van der Waals surface area contributed by atoms with Crippen molar-refractivity contribution in [2.24, 2.45) is 15.8 Å². The van der Waals surface area contributed by atoms with Crippen molar-refractivity contribution in [3.63, 3.8) is 0 Å². The highest BCUT2D eigenvalue weighted by atomic mass is 35.5. The van der Waals surface area contributed by atoms with E-state index in [9.17, 15) is 24.0 Å². The van der Waals surface area contributed by atoms with Crippen molar-refractivity contribution >= 4 is 98.3 Å². The minimum Gasteiger partial charge on any atom is -0.444 e. The van der Waals surface area contributed by atoms with E-state index in [1.807, 2.05) is 117 Å². The van der Waals surface area contributed by atoms with E-state index in [0.717, 1.165) is 74.4 Å². The number of nitrogen functional groups attached to an aromatic ring is 2. The molecule has 0 aliphatic carbocycles. The van der Waals surface area contributed by atoms with Gasteiger partial charge in [0.2, 0.25) is 6.08 Å². The second-order valence-corrected chi connectivity index (χ2v) is 25.7. The molecule has 8 N–H and O–H groups in total. The molecular formula is C76H91Cl3N10O6. The first-order valence-electron chi connectivity index (χ1n) is 30.9. The highest BCUT2D eigenvalue weighted by molar-refractivity contribution is 6.67. The van der Waals surface area contributed by atoms with Gasteiger partial charge in [-0.3, -0.25) is 24.7 Å². The maximum absolute atomic E-state index is 13.1. The number of anilines is 5. The van der Waals surface area contributed by atoms with Crippen molar-refractivity contribution in [1.82, 2.24) is 20.0 Å². The van der Waals surface area contributed by atoms with Crippen LogP contribution in [0.2, 0.25) is 0 Å². The quantitative estimate of drug-likeness (QED) is 0.0222. The third-order valence-corrected chi connectivity index (χ3v) is 16.7. The smallest absolute Gasteiger partial charge is 0.412 e. The average Bonchev–Trinajstić information content (AvgIpc) is 1.63. The Labute approximate surface area is 576 Å². The highest BCUT2D eigenvalue weighted by Gasteiger charge is 2.45. The number of urea groups is 1. The summed E-state index contributed by atoms with van der Waals surface area (Å²) in [6.45, 7) is 16.2. The van der Waals surface area contributed by atoms with E-state index in [4.69, 9.17) is 51.0 Å². The number of halogens is 3. The fourth-order valence-electron chi connectivity index (χ4n) is 11.8. The lowest BCUT2D eigenvalue weighted by Crippen LogP contribution is -2.36. The molecule has 4 aliphatic rings. The number of amides is 4. The first-order valence-corrected chi connectivity index (χ1v) is 32.4. The molecule has 8 aromatic carbocycles. The number of benzene rings is 8. The standard InChI is InChI=1S/C34H35N5O2.C17H20N2O2.C14H20N2.C8H4ClNO2.CH2Cl2.2CH4.H2/c35-30-16-13-28(26-9-5-2-6-10-26)21-31(30)37-32(40)27-11-14-29(15-12-27)36-33(41)39-20-18-34(24-39)17-19-38(23-34)22-25-7-3-1-4-8-25;1-17(2,3)21-16(20)19-15-10-9-13(11-14(15)18)12-7-5-4-6-8-12;1-2-4-13(5-3-1)10-16-9-7-14(12-16)6-8-15-11-14;9-8(12)6-1-3-7(4-2-6)10-5-11;2-1-3;;;/h1-16,21H,17-20,22-24,35H2,(H,36,41)(H,37,40);4-11H,18H2,1-3H3,(H,19,20);1-5,15H,6-12H2;1-4H;1H2;2*1H4;1H/i;;;;;;;1+1. The van der Waals surface area contributed by atoms with Gasteiger partial charge in [-0.25, -0.2) is 14.4 Å². The number of likely N-dealkylation sites (tertiary alicyclic amines) is 3. The van der Waals surface area contributed by atoms with Crippen LogP contribution in [-0.4, -0.2) is 107 Å². The Bertz CT molecular complexity index is 3750. The minimum absolute atomic E-state index is 0. The van der Waals surface area contributed by atoms with Gasteiger partial charge in [-0.2, -0.15) is 4.99 Å². The van der Waals surface area contributed by atoms with Crippen LogP contribution in [0.15, 0.2) is 211 Å². The predicted molar refractivity (Wildman–Crippen MR) is 394 cm³/mol. The number of nitrogens with two attached hydrogens (primary N) is 2. The van der Waals surface area contributed by atoms with Crippen molar-refractivity contribution in [2.45, 2.75) is 80.0 Å². The van der Waals surface area contributed by atoms with Gasteiger partial charge in [-0.05, 0) is 189 Å². The predicted octanol–water partition coefficient (Wildman–Crippen LogP) is 17.4. The Kier molecular flexibility index (Phi) is 29.1. The van der Waals surface area contributed by atoms with E-state index in [1.54, 1.807) is 36.4 Å². The monoisotopic (exact) mass is 1350 g/mol. The van der Waals surface area contributed by atoms with Crippen molar-refractivity contribution in [3.8, 4) is 22.3 Å². The maximum Gasteiger partial charge on any atom is 0.412 e. The van der Waals surface area contributed by atoms with Gasteiger partial charge in [0, 0.05) is 69.5 Å². The van der Waals surface area contributed by atoms with Crippen LogP contribution >= 0.6 is 34.8 Å². The Morgan fingerprint density at radius 3 is 1.60 bits per heavy atom. The second kappa shape index (κ2) is 36.7. The van der Waals surface area contributed by atoms with Gasteiger partial charge in [0.15, 0.2) is 0 Å². The molecule has 0 aromatic heterocycles. The van der Waals surface area contributed by atoms with Crippen LogP contribution in [0.1, 0.15) is 94.6 Å². The topological polar surface area (TPSA) is 217 Å². The third-order valence-electron chi connectivity index (χ3n) is 16.5. The minimum atomic E-state index is -0.539. The molecule has 0 bridgehead atoms. The zero-order chi connectivity index (χ0) is 66.2. The number of hydrogen-bond donors (Lipinski definition) is 6. The SMILES string of the molecule is C.C.CC(C)(C)OC(=O)Nc1ccc(-c2ccccc2)cc1N.ClCCl.Nc1ccc(-c2ccccc2)cc1NC(=O)c1ccc(NC(=O)N2CCC3(CCN(Cc4ccccc4)C3)C2)cc1.O=C=Nc1ccc(C(=O)Cl)cc1.[2HH].c1ccc(CN2CCC3(CCNC3)C2)cc1. The Hall–Kier alpha value is -8.83. The van der Waals surface area contributed by atoms with Crippen LogP contribution in [0.5, 0.6) is 0 Å². The van der Waals surface area contributed by atoms with E-state index in [1.165, 1.54) is 80.5 Å². The Morgan fingerprint density at radius 1 is 0.579 bits per heavy atom. The van der Waals surface area contributed by atoms with Crippen molar-refractivity contribution in [3.05, 3.63) is 229 Å². The van der Waals surface area contributed by atoms with E-state index < -0.39 is 16.9 Å². The van der Waals surface area contributed by atoms with Gasteiger partial charge < -0.3 is 37.1 Å². The average molecular weight is 1350 g/mol. The summed E-state index contributed by atoms with van der Waals surface area (Å²) in [5.41, 5.74) is 23.3. The number of alkyl halides is 2. The molecule has 95 heavy (non-hydrogen) atoms. The van der Waals surface area contributed by atoms with Gasteiger partial charge >= 0.3 is 12.1 Å². The molecule has 4 amide bonds. The van der Waals surface area contributed by atoms with Gasteiger partial charge in [0.1, 0.15) is 5.60 Å². The summed E-state index contributed by atoms with van der Waals surface area (Å²) in [5, 5.41) is 11.8. The first kappa shape index (κ1) is 75.2. The molecule has 19 heteroatoms. The molecule has 4 saturated heterocycles. The molecule has 16 nitrogen and oxygen atoms in total. The summed E-state index contributed by atoms with van der Waals surface area (Å²) < 4.78 is 5.21. The molecule has 4 aliphatic heterocycles. The second-order valence-electron chi connectivity index (χ2n) is 24.5. The molecule has 2 spiro atoms. The van der Waals surface area contributed by atoms with E-state index in [0.29, 0.717) is 50.7 Å². The van der Waals surface area contributed by atoms with Crippen LogP contribution in [0.4, 0.5) is 43.7 Å². The number of isocyanates is 1. The highest BCUT2D eigenvalue weighted by Crippen LogP contribution is 2.41. The molecule has 0 radical (unpaired) electrons. The van der Waals surface area contributed by atoms with Crippen LogP contribution in [0.3, 0.4) is 0 Å². The fraction of sp³-hybridized carbons (Fsp3) is 0.303. The number of aliphatic imine (C=N–C) groups is 1. The van der Waals surface area contributed by atoms with Crippen LogP contribution in [0.25, 0.3) is 22.3 Å². The number of nitrogens with zero attached hydrogens (tertiary/aromatic N) is 4. The molecule has 2 atom stereocenters. The Morgan fingerprint density at radius 2 is 1.08 bits per heavy atom. The molecule has 12 rings (SSSR count). The molecule has 4 heterocycles. The lowest BCUT2D eigenvalue weighted by Gasteiger charge is -2.25. The van der Waals surface area contributed by atoms with Gasteiger partial charge in [0.25, 0.3) is 11.1 Å². The van der Waals surface area contributed by atoms with E-state index in [2.05, 4.69) is 90.7 Å². The third kappa shape index (κ3) is 23.3. The lowest BCUT2D eigenvalue weighted by molar-refractivity contribution is 0.0635. The van der Waals surface area contributed by atoms with Crippen molar-refractivity contribution in [1.29, 1.82) is 0 Å². The molecule has 2 unspecified atom stereocenters. The summed E-state index contributed by atoms with van der Waals surface area (Å²) in [4.78, 5) is 68.6. The van der Waals surface area contributed by atoms with Crippen LogP contribution in [-0.2, 0) is 22.6 Å². The number of carbonyl (C=O) groups is 4. The molecule has 4 fully saturated rings. The normalized spacial score (nSPS) is 16.8. The van der Waals surface area contributed by atoms with Gasteiger partial charge in [-0.1, -0.05) is 148 Å². The maximum atomic E-state index is 13.1. The summed E-state index contributed by atoms with van der Waals surface area (Å²) in [7, 11) is 0. The van der Waals surface area contributed by atoms with Gasteiger partial charge in [0.05, 0.1) is 33.8 Å². The number of ether oxygens (including phenoxy) is 1. The van der Waals surface area contributed by atoms with Crippen molar-refractivity contribution in [2.75, 3.05) is 85.1 Å². The molecular weight excluding hydrogens is 1260 g/mol. The molecule has 502 valence electrons. The van der Waals surface area contributed by atoms with Crippen LogP contribution in [0, 0.1) is 10.8 Å². The number of hydrogen-bond acceptors (Lipinski definition) is 12. The lowest BCUT2D eigenvalue weighted by atomic mass is 9.86. The first-order chi connectivity index (χ1) is 44.8. The zero-order valence-electron chi connectivity index (χ0n) is 52.8. The fourth-order valence-corrected chi connectivity index (χ4v) is 11.9. The molecule has 8 aromatic rings. The summed E-state index contributed by atoms with van der Waals surface area (Å²) >= 11 is 14.7. The zero-order valence-corrected chi connectivity index (χ0v) is 55.0.